The van der Waals surface area contributed by atoms with Gasteiger partial charge in [-0.25, -0.2) is 8.42 Å². The Labute approximate surface area is 134 Å². The fourth-order valence-corrected chi connectivity index (χ4v) is 3.69. The fourth-order valence-electron chi connectivity index (χ4n) is 1.98. The summed E-state index contributed by atoms with van der Waals surface area (Å²) in [6.45, 7) is 0.361. The van der Waals surface area contributed by atoms with Crippen molar-refractivity contribution in [1.82, 2.24) is 0 Å². The molecule has 1 N–H and O–H groups in total. The number of rotatable bonds is 5. The van der Waals surface area contributed by atoms with E-state index in [-0.39, 0.29) is 4.90 Å². The molecule has 0 amide bonds. The van der Waals surface area contributed by atoms with E-state index >= 15 is 0 Å². The Morgan fingerprint density at radius 3 is 2.57 bits per heavy atom. The van der Waals surface area contributed by atoms with Crippen LogP contribution in [0.2, 0.25) is 5.02 Å². The Morgan fingerprint density at radius 1 is 1.19 bits per heavy atom. The van der Waals surface area contributed by atoms with E-state index in [0.29, 0.717) is 17.1 Å². The smallest absolute Gasteiger partial charge is 0.175 e. The minimum atomic E-state index is -3.30. The fraction of sp³-hybridized carbons (Fsp3) is 0.200. The molecule has 0 aromatic heterocycles. The minimum absolute atomic E-state index is 0.267. The number of hydrogen-bond donors (Lipinski definition) is 1. The second-order valence-corrected chi connectivity index (χ2v) is 7.85. The van der Waals surface area contributed by atoms with Crippen LogP contribution >= 0.6 is 23.4 Å². The highest BCUT2D eigenvalue weighted by molar-refractivity contribution is 7.98. The van der Waals surface area contributed by atoms with Crippen LogP contribution in [-0.2, 0) is 16.4 Å². The van der Waals surface area contributed by atoms with Crippen LogP contribution < -0.4 is 5.32 Å². The Morgan fingerprint density at radius 2 is 1.90 bits per heavy atom. The Balaban J connectivity index is 2.28. The highest BCUT2D eigenvalue weighted by Crippen LogP contribution is 2.26. The van der Waals surface area contributed by atoms with Gasteiger partial charge in [0.25, 0.3) is 0 Å². The highest BCUT2D eigenvalue weighted by atomic mass is 35.5. The van der Waals surface area contributed by atoms with Crippen LogP contribution in [-0.4, -0.2) is 20.9 Å². The van der Waals surface area contributed by atoms with Crippen LogP contribution in [0.3, 0.4) is 0 Å². The molecule has 0 fully saturated rings. The molecule has 21 heavy (non-hydrogen) atoms. The summed E-state index contributed by atoms with van der Waals surface area (Å²) >= 11 is 7.80. The van der Waals surface area contributed by atoms with Crippen LogP contribution in [0.15, 0.2) is 52.3 Å². The third-order valence-corrected chi connectivity index (χ3v) is 5.28. The normalized spacial score (nSPS) is 11.4. The van der Waals surface area contributed by atoms with Crippen molar-refractivity contribution in [3.8, 4) is 0 Å². The number of sulfone groups is 1. The molecule has 2 aromatic rings. The monoisotopic (exact) mass is 341 g/mol. The van der Waals surface area contributed by atoms with Crippen LogP contribution in [0.4, 0.5) is 5.69 Å². The van der Waals surface area contributed by atoms with Crippen molar-refractivity contribution < 1.29 is 8.42 Å². The molecule has 2 rings (SSSR count). The standard InChI is InChI=1S/C15H16ClNO2S2/c1-20-12-6-3-5-11(9-12)17-10-13-14(16)7-4-8-15(13)21(2,18)19/h3-9,17H,10H2,1-2H3. The van der Waals surface area contributed by atoms with Gasteiger partial charge in [-0.05, 0) is 36.6 Å². The lowest BCUT2D eigenvalue weighted by molar-refractivity contribution is 0.601. The second-order valence-electron chi connectivity index (χ2n) is 4.57. The second kappa shape index (κ2) is 6.73. The Kier molecular flexibility index (Phi) is 5.19. The molecule has 6 heteroatoms. The van der Waals surface area contributed by atoms with Crippen molar-refractivity contribution in [2.24, 2.45) is 0 Å². The first-order valence-corrected chi connectivity index (χ1v) is 9.76. The number of benzene rings is 2. The van der Waals surface area contributed by atoms with E-state index in [2.05, 4.69) is 5.32 Å². The Bertz CT molecular complexity index is 745. The predicted octanol–water partition coefficient (Wildman–Crippen LogP) is 4.08. The topological polar surface area (TPSA) is 46.2 Å². The van der Waals surface area contributed by atoms with Gasteiger partial charge in [0.15, 0.2) is 9.84 Å². The van der Waals surface area contributed by atoms with Crippen LogP contribution in [0, 0.1) is 0 Å². The molecule has 2 aromatic carbocycles. The summed E-state index contributed by atoms with van der Waals surface area (Å²) in [6.07, 6.45) is 3.20. The largest absolute Gasteiger partial charge is 0.381 e. The van der Waals surface area contributed by atoms with Gasteiger partial charge in [-0.15, -0.1) is 11.8 Å². The summed E-state index contributed by atoms with van der Waals surface area (Å²) in [5, 5.41) is 3.68. The molecule has 0 heterocycles. The molecular formula is C15H16ClNO2S2. The van der Waals surface area contributed by atoms with Crippen LogP contribution in [0.25, 0.3) is 0 Å². The molecule has 0 radical (unpaired) electrons. The van der Waals surface area contributed by atoms with Crippen molar-refractivity contribution in [3.63, 3.8) is 0 Å². The molecule has 0 saturated carbocycles. The van der Waals surface area contributed by atoms with Crippen molar-refractivity contribution in [2.45, 2.75) is 16.3 Å². The van der Waals surface area contributed by atoms with Crippen molar-refractivity contribution in [1.29, 1.82) is 0 Å². The van der Waals surface area contributed by atoms with Gasteiger partial charge in [-0.1, -0.05) is 23.7 Å². The van der Waals surface area contributed by atoms with E-state index in [1.165, 1.54) is 6.26 Å². The molecule has 0 spiro atoms. The van der Waals surface area contributed by atoms with E-state index in [0.717, 1.165) is 10.6 Å². The summed E-state index contributed by atoms with van der Waals surface area (Å²) in [6, 6.07) is 12.9. The predicted molar refractivity (Wildman–Crippen MR) is 90.1 cm³/mol. The van der Waals surface area contributed by atoms with E-state index in [1.54, 1.807) is 30.0 Å². The number of nitrogens with one attached hydrogen (secondary N) is 1. The first kappa shape index (κ1) is 16.2. The maximum absolute atomic E-state index is 11.8. The van der Waals surface area contributed by atoms with Gasteiger partial charge >= 0.3 is 0 Å². The first-order valence-electron chi connectivity index (χ1n) is 6.27. The van der Waals surface area contributed by atoms with Gasteiger partial charge < -0.3 is 5.32 Å². The quantitative estimate of drug-likeness (QED) is 0.832. The number of halogens is 1. The SMILES string of the molecule is CSc1cccc(NCc2c(Cl)cccc2S(C)(=O)=O)c1. The Hall–Kier alpha value is -1.17. The van der Waals surface area contributed by atoms with E-state index in [1.807, 2.05) is 30.5 Å². The lowest BCUT2D eigenvalue weighted by Gasteiger charge is -2.12. The zero-order chi connectivity index (χ0) is 15.5. The average molecular weight is 342 g/mol. The third kappa shape index (κ3) is 4.15. The van der Waals surface area contributed by atoms with Crippen molar-refractivity contribution >= 4 is 38.9 Å². The first-order chi connectivity index (χ1) is 9.91. The molecule has 0 aliphatic heterocycles. The summed E-state index contributed by atoms with van der Waals surface area (Å²) in [5.74, 6) is 0. The van der Waals surface area contributed by atoms with Gasteiger partial charge in [0.1, 0.15) is 0 Å². The molecule has 0 saturated heterocycles. The number of thioether (sulfide) groups is 1. The lowest BCUT2D eigenvalue weighted by Crippen LogP contribution is -2.07. The van der Waals surface area contributed by atoms with Crippen molar-refractivity contribution in [3.05, 3.63) is 53.1 Å². The summed E-state index contributed by atoms with van der Waals surface area (Å²) in [4.78, 5) is 1.41. The maximum Gasteiger partial charge on any atom is 0.175 e. The average Bonchev–Trinajstić information content (AvgIpc) is 2.45. The summed E-state index contributed by atoms with van der Waals surface area (Å²) < 4.78 is 23.7. The van der Waals surface area contributed by atoms with Crippen molar-refractivity contribution in [2.75, 3.05) is 17.8 Å². The lowest BCUT2D eigenvalue weighted by atomic mass is 10.2. The highest BCUT2D eigenvalue weighted by Gasteiger charge is 2.15. The molecule has 0 aliphatic rings. The molecule has 3 nitrogen and oxygen atoms in total. The zero-order valence-corrected chi connectivity index (χ0v) is 14.1. The molecule has 112 valence electrons. The van der Waals surface area contributed by atoms with E-state index in [4.69, 9.17) is 11.6 Å². The molecular weight excluding hydrogens is 326 g/mol. The van der Waals surface area contributed by atoms with Crippen LogP contribution in [0.1, 0.15) is 5.56 Å². The zero-order valence-electron chi connectivity index (χ0n) is 11.8. The third-order valence-electron chi connectivity index (χ3n) is 3.01. The van der Waals surface area contributed by atoms with Gasteiger partial charge in [-0.3, -0.25) is 0 Å². The van der Waals surface area contributed by atoms with Gasteiger partial charge in [0, 0.05) is 34.0 Å². The molecule has 0 aliphatic carbocycles. The summed E-state index contributed by atoms with van der Waals surface area (Å²) in [7, 11) is -3.30. The summed E-state index contributed by atoms with van der Waals surface area (Å²) in [5.41, 5.74) is 1.53. The maximum atomic E-state index is 11.8. The molecule has 0 atom stereocenters. The molecule has 0 unspecified atom stereocenters. The minimum Gasteiger partial charge on any atom is -0.381 e. The number of anilines is 1. The van der Waals surface area contributed by atoms with Gasteiger partial charge in [-0.2, -0.15) is 0 Å². The molecule has 0 bridgehead atoms. The van der Waals surface area contributed by atoms with Gasteiger partial charge in [0.2, 0.25) is 0 Å². The number of hydrogen-bond acceptors (Lipinski definition) is 4. The van der Waals surface area contributed by atoms with Crippen LogP contribution in [0.5, 0.6) is 0 Å². The van der Waals surface area contributed by atoms with E-state index < -0.39 is 9.84 Å². The van der Waals surface area contributed by atoms with Gasteiger partial charge in [0.05, 0.1) is 4.90 Å². The van der Waals surface area contributed by atoms with E-state index in [9.17, 15) is 8.42 Å².